The highest BCUT2D eigenvalue weighted by Crippen LogP contribution is 2.20. The molecule has 2 atom stereocenters. The van der Waals surface area contributed by atoms with Crippen LogP contribution in [0.2, 0.25) is 0 Å². The van der Waals surface area contributed by atoms with Crippen molar-refractivity contribution < 1.29 is 14.3 Å². The maximum atomic E-state index is 12.3. The summed E-state index contributed by atoms with van der Waals surface area (Å²) < 4.78 is 5.46. The van der Waals surface area contributed by atoms with Gasteiger partial charge in [-0.2, -0.15) is 0 Å². The van der Waals surface area contributed by atoms with Crippen LogP contribution in [0.25, 0.3) is 0 Å². The number of nitrogens with one attached hydrogen (secondary N) is 1. The van der Waals surface area contributed by atoms with E-state index in [1.165, 1.54) is 0 Å². The van der Waals surface area contributed by atoms with Gasteiger partial charge < -0.3 is 15.0 Å². The van der Waals surface area contributed by atoms with Crippen molar-refractivity contribution in [2.45, 2.75) is 50.8 Å². The molecule has 1 aliphatic carbocycles. The molecule has 0 spiro atoms. The Labute approximate surface area is 125 Å². The van der Waals surface area contributed by atoms with E-state index in [9.17, 15) is 9.59 Å². The minimum Gasteiger partial charge on any atom is -0.368 e. The monoisotopic (exact) mass is 295 g/mol. The van der Waals surface area contributed by atoms with Crippen molar-refractivity contribution in [3.8, 4) is 0 Å². The zero-order valence-electron chi connectivity index (χ0n) is 12.7. The quantitative estimate of drug-likeness (QED) is 0.791. The summed E-state index contributed by atoms with van der Waals surface area (Å²) in [7, 11) is 0. The van der Waals surface area contributed by atoms with Crippen molar-refractivity contribution >= 4 is 11.8 Å². The van der Waals surface area contributed by atoms with Gasteiger partial charge in [0.05, 0.1) is 6.04 Å². The molecule has 0 aromatic rings. The van der Waals surface area contributed by atoms with Gasteiger partial charge in [0, 0.05) is 38.8 Å². The van der Waals surface area contributed by atoms with Crippen LogP contribution in [0.15, 0.2) is 0 Å². The third-order valence-electron chi connectivity index (χ3n) is 4.68. The molecule has 3 aliphatic rings. The SMILES string of the molecule is CC(C(=O)NC1CC1)N1CCN(C(=O)C2CCCO2)CC1. The number of hydrogen-bond donors (Lipinski definition) is 1. The van der Waals surface area contributed by atoms with Crippen molar-refractivity contribution in [3.05, 3.63) is 0 Å². The second-order valence-corrected chi connectivity index (χ2v) is 6.32. The van der Waals surface area contributed by atoms with Gasteiger partial charge in [-0.1, -0.05) is 0 Å². The Hall–Kier alpha value is -1.14. The molecule has 2 heterocycles. The number of piperazine rings is 1. The van der Waals surface area contributed by atoms with Crippen LogP contribution in [0, 0.1) is 0 Å². The highest BCUT2D eigenvalue weighted by Gasteiger charge is 2.33. The number of amides is 2. The van der Waals surface area contributed by atoms with E-state index in [0.29, 0.717) is 25.7 Å². The summed E-state index contributed by atoms with van der Waals surface area (Å²) >= 11 is 0. The van der Waals surface area contributed by atoms with E-state index in [1.807, 2.05) is 11.8 Å². The van der Waals surface area contributed by atoms with Gasteiger partial charge in [0.1, 0.15) is 6.10 Å². The molecule has 118 valence electrons. The first-order valence-electron chi connectivity index (χ1n) is 8.10. The molecule has 1 N–H and O–H groups in total. The molecule has 0 bridgehead atoms. The lowest BCUT2D eigenvalue weighted by Gasteiger charge is -2.38. The maximum Gasteiger partial charge on any atom is 0.251 e. The number of hydrogen-bond acceptors (Lipinski definition) is 4. The first kappa shape index (κ1) is 14.8. The molecule has 0 aromatic carbocycles. The fourth-order valence-corrected chi connectivity index (χ4v) is 3.02. The van der Waals surface area contributed by atoms with Crippen molar-refractivity contribution in [3.63, 3.8) is 0 Å². The summed E-state index contributed by atoms with van der Waals surface area (Å²) in [6, 6.07) is 0.299. The Kier molecular flexibility index (Phi) is 4.45. The summed E-state index contributed by atoms with van der Waals surface area (Å²) in [6.45, 7) is 5.57. The van der Waals surface area contributed by atoms with Crippen molar-refractivity contribution in [1.82, 2.24) is 15.1 Å². The number of carbonyl (C=O) groups is 2. The minimum atomic E-state index is -0.230. The van der Waals surface area contributed by atoms with Gasteiger partial charge in [-0.25, -0.2) is 0 Å². The van der Waals surface area contributed by atoms with Gasteiger partial charge in [0.2, 0.25) is 5.91 Å². The van der Waals surface area contributed by atoms with Crippen LogP contribution in [0.1, 0.15) is 32.6 Å². The van der Waals surface area contributed by atoms with Crippen LogP contribution in [0.4, 0.5) is 0 Å². The Morgan fingerprint density at radius 1 is 1.14 bits per heavy atom. The van der Waals surface area contributed by atoms with E-state index in [-0.39, 0.29) is 24.0 Å². The molecule has 3 fully saturated rings. The average Bonchev–Trinajstić information content (AvgIpc) is 3.15. The molecule has 6 heteroatoms. The molecule has 2 amide bonds. The van der Waals surface area contributed by atoms with Crippen molar-refractivity contribution in [1.29, 1.82) is 0 Å². The molecule has 0 aromatic heterocycles. The number of nitrogens with zero attached hydrogens (tertiary/aromatic N) is 2. The van der Waals surface area contributed by atoms with E-state index < -0.39 is 0 Å². The van der Waals surface area contributed by atoms with E-state index >= 15 is 0 Å². The van der Waals surface area contributed by atoms with E-state index in [2.05, 4.69) is 10.2 Å². The van der Waals surface area contributed by atoms with Crippen LogP contribution in [0.3, 0.4) is 0 Å². The number of ether oxygens (including phenoxy) is 1. The van der Waals surface area contributed by atoms with Gasteiger partial charge in [-0.15, -0.1) is 0 Å². The Balaban J connectivity index is 1.45. The topological polar surface area (TPSA) is 61.9 Å². The van der Waals surface area contributed by atoms with Crippen LogP contribution >= 0.6 is 0 Å². The molecule has 1 saturated carbocycles. The molecule has 6 nitrogen and oxygen atoms in total. The lowest BCUT2D eigenvalue weighted by Crippen LogP contribution is -2.56. The van der Waals surface area contributed by atoms with Crippen LogP contribution in [0.5, 0.6) is 0 Å². The van der Waals surface area contributed by atoms with E-state index in [1.54, 1.807) is 0 Å². The van der Waals surface area contributed by atoms with Gasteiger partial charge >= 0.3 is 0 Å². The fourth-order valence-electron chi connectivity index (χ4n) is 3.02. The summed E-state index contributed by atoms with van der Waals surface area (Å²) in [5, 5.41) is 3.05. The predicted octanol–water partition coefficient (Wildman–Crippen LogP) is -0.0233. The largest absolute Gasteiger partial charge is 0.368 e. The zero-order valence-corrected chi connectivity index (χ0v) is 12.7. The highest BCUT2D eigenvalue weighted by molar-refractivity contribution is 5.82. The third kappa shape index (κ3) is 3.55. The fraction of sp³-hybridized carbons (Fsp3) is 0.867. The first-order chi connectivity index (χ1) is 10.1. The average molecular weight is 295 g/mol. The molecule has 21 heavy (non-hydrogen) atoms. The zero-order chi connectivity index (χ0) is 14.8. The van der Waals surface area contributed by atoms with Gasteiger partial charge in [0.25, 0.3) is 5.91 Å². The molecule has 2 unspecified atom stereocenters. The Morgan fingerprint density at radius 3 is 2.43 bits per heavy atom. The lowest BCUT2D eigenvalue weighted by atomic mass is 10.1. The van der Waals surface area contributed by atoms with Gasteiger partial charge in [0.15, 0.2) is 0 Å². The molecule has 2 aliphatic heterocycles. The molecular formula is C15H25N3O3. The summed E-state index contributed by atoms with van der Waals surface area (Å²) in [5.41, 5.74) is 0. The summed E-state index contributed by atoms with van der Waals surface area (Å²) in [5.74, 6) is 0.249. The maximum absolute atomic E-state index is 12.3. The second-order valence-electron chi connectivity index (χ2n) is 6.32. The van der Waals surface area contributed by atoms with Gasteiger partial charge in [-0.05, 0) is 32.6 Å². The summed E-state index contributed by atoms with van der Waals surface area (Å²) in [6.07, 6.45) is 3.82. The highest BCUT2D eigenvalue weighted by atomic mass is 16.5. The van der Waals surface area contributed by atoms with E-state index in [4.69, 9.17) is 4.74 Å². The predicted molar refractivity (Wildman–Crippen MR) is 77.8 cm³/mol. The van der Waals surface area contributed by atoms with Crippen LogP contribution < -0.4 is 5.32 Å². The first-order valence-corrected chi connectivity index (χ1v) is 8.10. The van der Waals surface area contributed by atoms with E-state index in [0.717, 1.165) is 38.8 Å². The Bertz CT molecular complexity index is 397. The Morgan fingerprint density at radius 2 is 1.86 bits per heavy atom. The normalized spacial score (nSPS) is 28.4. The number of carbonyl (C=O) groups excluding carboxylic acids is 2. The second kappa shape index (κ2) is 6.32. The smallest absolute Gasteiger partial charge is 0.251 e. The van der Waals surface area contributed by atoms with Crippen LogP contribution in [-0.2, 0) is 14.3 Å². The molecule has 3 rings (SSSR count). The van der Waals surface area contributed by atoms with Gasteiger partial charge in [-0.3, -0.25) is 14.5 Å². The summed E-state index contributed by atoms with van der Waals surface area (Å²) in [4.78, 5) is 28.4. The third-order valence-corrected chi connectivity index (χ3v) is 4.68. The lowest BCUT2D eigenvalue weighted by molar-refractivity contribution is -0.143. The standard InChI is InChI=1S/C15H25N3O3/c1-11(14(19)16-12-4-5-12)17-6-8-18(9-7-17)15(20)13-3-2-10-21-13/h11-13H,2-10H2,1H3,(H,16,19). The molecule has 2 saturated heterocycles. The minimum absolute atomic E-state index is 0.106. The molecular weight excluding hydrogens is 270 g/mol. The molecule has 0 radical (unpaired) electrons. The van der Waals surface area contributed by atoms with Crippen molar-refractivity contribution in [2.75, 3.05) is 32.8 Å². The van der Waals surface area contributed by atoms with Crippen LogP contribution in [-0.4, -0.2) is 72.6 Å². The van der Waals surface area contributed by atoms with Crippen molar-refractivity contribution in [2.24, 2.45) is 0 Å². The number of rotatable bonds is 4.